The van der Waals surface area contributed by atoms with Crippen LogP contribution in [0.3, 0.4) is 0 Å². The van der Waals surface area contributed by atoms with Crippen LogP contribution in [0.5, 0.6) is 0 Å². The molecular weight excluding hydrogens is 288 g/mol. The number of hydrogen-bond donors (Lipinski definition) is 1. The fraction of sp³-hybridized carbons (Fsp3) is 0.250. The molecule has 0 amide bonds. The van der Waals surface area contributed by atoms with E-state index in [2.05, 4.69) is 34.1 Å². The Morgan fingerprint density at radius 3 is 2.39 bits per heavy atom. The van der Waals surface area contributed by atoms with Gasteiger partial charge < -0.3 is 5.11 Å². The van der Waals surface area contributed by atoms with E-state index in [1.165, 1.54) is 5.56 Å². The van der Waals surface area contributed by atoms with Crippen molar-refractivity contribution in [2.75, 3.05) is 0 Å². The number of benzene rings is 2. The van der Waals surface area contributed by atoms with E-state index in [1.807, 2.05) is 39.0 Å². The Bertz CT molecular complexity index is 573. The Labute approximate surface area is 117 Å². The molecule has 18 heavy (non-hydrogen) atoms. The van der Waals surface area contributed by atoms with Crippen LogP contribution in [-0.4, -0.2) is 5.11 Å². The molecule has 1 N–H and O–H groups in total. The summed E-state index contributed by atoms with van der Waals surface area (Å²) >= 11 is 3.56. The van der Waals surface area contributed by atoms with Crippen molar-refractivity contribution in [3.8, 4) is 0 Å². The molecule has 0 saturated carbocycles. The highest BCUT2D eigenvalue weighted by atomic mass is 79.9. The highest BCUT2D eigenvalue weighted by molar-refractivity contribution is 9.10. The van der Waals surface area contributed by atoms with Crippen LogP contribution in [0.25, 0.3) is 0 Å². The highest BCUT2D eigenvalue weighted by Crippen LogP contribution is 2.32. The predicted molar refractivity (Wildman–Crippen MR) is 78.9 cm³/mol. The van der Waals surface area contributed by atoms with Gasteiger partial charge in [0, 0.05) is 4.47 Å². The van der Waals surface area contributed by atoms with Crippen LogP contribution in [0.4, 0.5) is 0 Å². The van der Waals surface area contributed by atoms with Crippen molar-refractivity contribution in [2.24, 2.45) is 0 Å². The summed E-state index contributed by atoms with van der Waals surface area (Å²) in [5, 5.41) is 10.6. The molecule has 0 saturated heterocycles. The van der Waals surface area contributed by atoms with Gasteiger partial charge in [-0.3, -0.25) is 0 Å². The van der Waals surface area contributed by atoms with E-state index in [0.717, 1.165) is 26.7 Å². The molecule has 2 aromatic carbocycles. The minimum absolute atomic E-state index is 0.584. The van der Waals surface area contributed by atoms with Gasteiger partial charge in [0.25, 0.3) is 0 Å². The molecule has 0 bridgehead atoms. The van der Waals surface area contributed by atoms with Crippen molar-refractivity contribution in [1.82, 2.24) is 0 Å². The fourth-order valence-electron chi connectivity index (χ4n) is 2.10. The van der Waals surface area contributed by atoms with Crippen LogP contribution in [0, 0.1) is 20.8 Å². The lowest BCUT2D eigenvalue weighted by atomic mass is 9.95. The van der Waals surface area contributed by atoms with Gasteiger partial charge in [0.1, 0.15) is 6.10 Å². The summed E-state index contributed by atoms with van der Waals surface area (Å²) in [7, 11) is 0. The zero-order valence-electron chi connectivity index (χ0n) is 10.9. The molecule has 0 aliphatic heterocycles. The fourth-order valence-corrected chi connectivity index (χ4v) is 2.58. The molecular formula is C16H17BrO. The summed E-state index contributed by atoms with van der Waals surface area (Å²) in [6.07, 6.45) is -0.584. The minimum atomic E-state index is -0.584. The molecule has 0 radical (unpaired) electrons. The molecule has 1 unspecified atom stereocenters. The van der Waals surface area contributed by atoms with Crippen LogP contribution < -0.4 is 0 Å². The minimum Gasteiger partial charge on any atom is -0.384 e. The Balaban J connectivity index is 2.51. The average Bonchev–Trinajstić information content (AvgIpc) is 2.35. The molecule has 94 valence electrons. The topological polar surface area (TPSA) is 20.2 Å². The SMILES string of the molecule is Cc1ccc(C)c(C(O)c2cccc(C)c2Br)c1. The van der Waals surface area contributed by atoms with E-state index in [1.54, 1.807) is 0 Å². The van der Waals surface area contributed by atoms with Gasteiger partial charge in [-0.25, -0.2) is 0 Å². The molecule has 0 aliphatic carbocycles. The lowest BCUT2D eigenvalue weighted by Gasteiger charge is -2.17. The number of hydrogen-bond acceptors (Lipinski definition) is 1. The summed E-state index contributed by atoms with van der Waals surface area (Å²) < 4.78 is 0.985. The maximum absolute atomic E-state index is 10.6. The second-order valence-corrected chi connectivity index (χ2v) is 5.53. The molecule has 2 heteroatoms. The monoisotopic (exact) mass is 304 g/mol. The van der Waals surface area contributed by atoms with Gasteiger partial charge in [0.05, 0.1) is 0 Å². The first kappa shape index (κ1) is 13.3. The van der Waals surface area contributed by atoms with Gasteiger partial charge in [-0.2, -0.15) is 0 Å². The van der Waals surface area contributed by atoms with Crippen LogP contribution in [0.2, 0.25) is 0 Å². The van der Waals surface area contributed by atoms with Gasteiger partial charge in [-0.1, -0.05) is 57.9 Å². The van der Waals surface area contributed by atoms with Crippen LogP contribution in [0.1, 0.15) is 33.9 Å². The number of halogens is 1. The first-order chi connectivity index (χ1) is 8.50. The maximum Gasteiger partial charge on any atom is 0.105 e. The van der Waals surface area contributed by atoms with Crippen LogP contribution in [0.15, 0.2) is 40.9 Å². The van der Waals surface area contributed by atoms with Crippen molar-refractivity contribution >= 4 is 15.9 Å². The molecule has 1 atom stereocenters. The number of aliphatic hydroxyl groups is 1. The quantitative estimate of drug-likeness (QED) is 0.868. The lowest BCUT2D eigenvalue weighted by Crippen LogP contribution is -2.04. The standard InChI is InChI=1S/C16H17BrO/c1-10-7-8-11(2)14(9-10)16(18)13-6-4-5-12(3)15(13)17/h4-9,16,18H,1-3H3. The summed E-state index contributed by atoms with van der Waals surface area (Å²) in [5.74, 6) is 0. The maximum atomic E-state index is 10.6. The van der Waals surface area contributed by atoms with Gasteiger partial charge in [-0.15, -0.1) is 0 Å². The van der Waals surface area contributed by atoms with Crippen molar-refractivity contribution in [2.45, 2.75) is 26.9 Å². The normalized spacial score (nSPS) is 12.5. The molecule has 0 heterocycles. The summed E-state index contributed by atoms with van der Waals surface area (Å²) in [6, 6.07) is 12.1. The predicted octanol–water partition coefficient (Wildman–Crippen LogP) is 4.46. The van der Waals surface area contributed by atoms with E-state index in [0.29, 0.717) is 0 Å². The van der Waals surface area contributed by atoms with Gasteiger partial charge in [0.2, 0.25) is 0 Å². The first-order valence-electron chi connectivity index (χ1n) is 6.01. The summed E-state index contributed by atoms with van der Waals surface area (Å²) in [4.78, 5) is 0. The molecule has 0 spiro atoms. The highest BCUT2D eigenvalue weighted by Gasteiger charge is 2.16. The van der Waals surface area contributed by atoms with Crippen LogP contribution >= 0.6 is 15.9 Å². The van der Waals surface area contributed by atoms with E-state index >= 15 is 0 Å². The van der Waals surface area contributed by atoms with Crippen LogP contribution in [-0.2, 0) is 0 Å². The molecule has 2 aromatic rings. The smallest absolute Gasteiger partial charge is 0.105 e. The Hall–Kier alpha value is -1.12. The van der Waals surface area contributed by atoms with Gasteiger partial charge >= 0.3 is 0 Å². The lowest BCUT2D eigenvalue weighted by molar-refractivity contribution is 0.218. The Kier molecular flexibility index (Phi) is 3.88. The summed E-state index contributed by atoms with van der Waals surface area (Å²) in [6.45, 7) is 6.10. The molecule has 1 nitrogen and oxygen atoms in total. The third-order valence-electron chi connectivity index (χ3n) is 3.25. The molecule has 0 aliphatic rings. The van der Waals surface area contributed by atoms with Crippen molar-refractivity contribution < 1.29 is 5.11 Å². The average molecular weight is 305 g/mol. The largest absolute Gasteiger partial charge is 0.384 e. The third kappa shape index (κ3) is 2.50. The third-order valence-corrected chi connectivity index (χ3v) is 4.33. The van der Waals surface area contributed by atoms with E-state index < -0.39 is 6.10 Å². The number of rotatable bonds is 2. The zero-order chi connectivity index (χ0) is 13.3. The van der Waals surface area contributed by atoms with Gasteiger partial charge in [-0.05, 0) is 43.0 Å². The number of aliphatic hydroxyl groups excluding tert-OH is 1. The van der Waals surface area contributed by atoms with Crippen molar-refractivity contribution in [1.29, 1.82) is 0 Å². The van der Waals surface area contributed by atoms with Crippen molar-refractivity contribution in [3.05, 3.63) is 68.7 Å². The Morgan fingerprint density at radius 2 is 1.67 bits per heavy atom. The number of aryl methyl sites for hydroxylation is 3. The summed E-state index contributed by atoms with van der Waals surface area (Å²) in [5.41, 5.74) is 5.31. The molecule has 2 rings (SSSR count). The first-order valence-corrected chi connectivity index (χ1v) is 6.80. The second kappa shape index (κ2) is 5.25. The van der Waals surface area contributed by atoms with E-state index in [4.69, 9.17) is 0 Å². The van der Waals surface area contributed by atoms with E-state index in [9.17, 15) is 5.11 Å². The Morgan fingerprint density at radius 1 is 0.944 bits per heavy atom. The van der Waals surface area contributed by atoms with E-state index in [-0.39, 0.29) is 0 Å². The molecule has 0 fully saturated rings. The zero-order valence-corrected chi connectivity index (χ0v) is 12.5. The van der Waals surface area contributed by atoms with Gasteiger partial charge in [0.15, 0.2) is 0 Å². The van der Waals surface area contributed by atoms with Crippen molar-refractivity contribution in [3.63, 3.8) is 0 Å². The second-order valence-electron chi connectivity index (χ2n) is 4.74. The molecule has 0 aromatic heterocycles.